The van der Waals surface area contributed by atoms with Crippen molar-refractivity contribution in [1.82, 2.24) is 0 Å². The molecule has 3 heteroatoms. The predicted molar refractivity (Wildman–Crippen MR) is 127 cm³/mol. The minimum atomic E-state index is -0.387. The molecule has 0 aliphatic heterocycles. The van der Waals surface area contributed by atoms with Gasteiger partial charge in [0.2, 0.25) is 0 Å². The molecule has 0 bridgehead atoms. The van der Waals surface area contributed by atoms with E-state index in [0.717, 1.165) is 35.1 Å². The number of ether oxygens (including phenoxy) is 1. The van der Waals surface area contributed by atoms with Crippen LogP contribution in [0.5, 0.6) is 0 Å². The fourth-order valence-corrected chi connectivity index (χ4v) is 3.70. The summed E-state index contributed by atoms with van der Waals surface area (Å²) in [5, 5.41) is 9.05. The van der Waals surface area contributed by atoms with Crippen molar-refractivity contribution in [1.29, 1.82) is 0 Å². The maximum atomic E-state index is 12.0. The van der Waals surface area contributed by atoms with Crippen LogP contribution in [0, 0.1) is 13.8 Å². The summed E-state index contributed by atoms with van der Waals surface area (Å²) in [7, 11) is 0. The van der Waals surface area contributed by atoms with Gasteiger partial charge in [0.25, 0.3) is 0 Å². The topological polar surface area (TPSA) is 46.5 Å². The van der Waals surface area contributed by atoms with Gasteiger partial charge in [0.1, 0.15) is 6.61 Å². The van der Waals surface area contributed by atoms with Crippen molar-refractivity contribution >= 4 is 5.97 Å². The molecule has 0 atom stereocenters. The Kier molecular flexibility index (Phi) is 7.43. The minimum absolute atomic E-state index is 0.187. The lowest BCUT2D eigenvalue weighted by Gasteiger charge is -2.15. The third-order valence-corrected chi connectivity index (χ3v) is 5.39. The highest BCUT2D eigenvalue weighted by atomic mass is 16.5. The number of hydrogen-bond donors (Lipinski definition) is 1. The van der Waals surface area contributed by atoms with Crippen molar-refractivity contribution in [3.63, 3.8) is 0 Å². The second-order valence-corrected chi connectivity index (χ2v) is 8.07. The first kappa shape index (κ1) is 22.5. The molecule has 3 rings (SSSR count). The molecule has 0 aliphatic rings. The summed E-state index contributed by atoms with van der Waals surface area (Å²) < 4.78 is 5.50. The van der Waals surface area contributed by atoms with Crippen molar-refractivity contribution in [2.24, 2.45) is 0 Å². The lowest BCUT2D eigenvalue weighted by molar-refractivity contribution is -0.140. The zero-order valence-corrected chi connectivity index (χ0v) is 18.6. The van der Waals surface area contributed by atoms with Gasteiger partial charge < -0.3 is 9.84 Å². The van der Waals surface area contributed by atoms with Gasteiger partial charge in [0.05, 0.1) is 0 Å². The van der Waals surface area contributed by atoms with Crippen LogP contribution in [0.3, 0.4) is 0 Å². The third kappa shape index (κ3) is 5.71. The van der Waals surface area contributed by atoms with E-state index < -0.39 is 0 Å². The number of aryl methyl sites for hydroxylation is 3. The molecule has 3 nitrogen and oxygen atoms in total. The van der Waals surface area contributed by atoms with E-state index in [1.165, 1.54) is 22.3 Å². The molecule has 0 fully saturated rings. The lowest BCUT2D eigenvalue weighted by atomic mass is 9.92. The first-order valence-corrected chi connectivity index (χ1v) is 10.6. The molecule has 3 aromatic carbocycles. The van der Waals surface area contributed by atoms with Crippen molar-refractivity contribution in [2.45, 2.75) is 40.2 Å². The van der Waals surface area contributed by atoms with Crippen molar-refractivity contribution in [3.05, 3.63) is 95.1 Å². The van der Waals surface area contributed by atoms with E-state index in [2.05, 4.69) is 81.1 Å². The number of carbonyl (C=O) groups is 1. The van der Waals surface area contributed by atoms with Crippen LogP contribution in [0.2, 0.25) is 0 Å². The third-order valence-electron chi connectivity index (χ3n) is 5.39. The molecule has 31 heavy (non-hydrogen) atoms. The number of carbonyl (C=O) groups excluding carboxylic acids is 1. The predicted octanol–water partition coefficient (Wildman–Crippen LogP) is 6.18. The molecule has 0 spiro atoms. The Labute approximate surface area is 185 Å². The van der Waals surface area contributed by atoms with E-state index in [1.54, 1.807) is 6.92 Å². The first-order valence-electron chi connectivity index (χ1n) is 10.6. The standard InChI is InChI=1S/C28H30O3/c1-19(2)28(30)31-18-25-17-24(26-13-7-20(3)16-21(26)4)12-14-27(25)23-10-8-22(9-11-23)6-5-15-29/h7-14,16-17,29H,1,5-6,15,18H2,2-4H3. The highest BCUT2D eigenvalue weighted by molar-refractivity contribution is 5.87. The minimum Gasteiger partial charge on any atom is -0.457 e. The normalized spacial score (nSPS) is 10.7. The molecule has 0 heterocycles. The monoisotopic (exact) mass is 414 g/mol. The molecule has 0 aromatic heterocycles. The van der Waals surface area contributed by atoms with E-state index in [4.69, 9.17) is 9.84 Å². The number of esters is 1. The molecule has 160 valence electrons. The first-order chi connectivity index (χ1) is 14.9. The van der Waals surface area contributed by atoms with Crippen LogP contribution in [0.1, 0.15) is 35.6 Å². The van der Waals surface area contributed by atoms with E-state index in [-0.39, 0.29) is 19.2 Å². The maximum absolute atomic E-state index is 12.0. The summed E-state index contributed by atoms with van der Waals surface area (Å²) in [4.78, 5) is 12.0. The Bertz CT molecular complexity index is 1080. The van der Waals surface area contributed by atoms with Gasteiger partial charge in [0, 0.05) is 12.2 Å². The SMILES string of the molecule is C=C(C)C(=O)OCc1cc(-c2ccc(C)cc2C)ccc1-c1ccc(CCCO)cc1. The highest BCUT2D eigenvalue weighted by Gasteiger charge is 2.12. The van der Waals surface area contributed by atoms with Crippen LogP contribution < -0.4 is 0 Å². The van der Waals surface area contributed by atoms with Crippen molar-refractivity contribution in [2.75, 3.05) is 6.61 Å². The lowest BCUT2D eigenvalue weighted by Crippen LogP contribution is -2.06. The molecule has 0 saturated carbocycles. The number of hydrogen-bond acceptors (Lipinski definition) is 3. The molecule has 0 aliphatic carbocycles. The van der Waals surface area contributed by atoms with Crippen LogP contribution in [0.25, 0.3) is 22.3 Å². The smallest absolute Gasteiger partial charge is 0.333 e. The van der Waals surface area contributed by atoms with Gasteiger partial charge in [0.15, 0.2) is 0 Å². The summed E-state index contributed by atoms with van der Waals surface area (Å²) in [6, 6.07) is 21.1. The summed E-state index contributed by atoms with van der Waals surface area (Å²) in [5.41, 5.74) is 9.36. The van der Waals surface area contributed by atoms with Crippen LogP contribution in [-0.4, -0.2) is 17.7 Å². The molecule has 0 amide bonds. The van der Waals surface area contributed by atoms with Gasteiger partial charge in [-0.2, -0.15) is 0 Å². The summed E-state index contributed by atoms with van der Waals surface area (Å²) in [6.07, 6.45) is 1.61. The van der Waals surface area contributed by atoms with E-state index in [9.17, 15) is 4.79 Å². The average Bonchev–Trinajstić information content (AvgIpc) is 2.76. The summed E-state index contributed by atoms with van der Waals surface area (Å²) in [5.74, 6) is -0.387. The van der Waals surface area contributed by atoms with Gasteiger partial charge >= 0.3 is 5.97 Å². The van der Waals surface area contributed by atoms with Crippen LogP contribution >= 0.6 is 0 Å². The fraction of sp³-hybridized carbons (Fsp3) is 0.250. The van der Waals surface area contributed by atoms with Crippen molar-refractivity contribution < 1.29 is 14.6 Å². The Morgan fingerprint density at radius 3 is 2.26 bits per heavy atom. The van der Waals surface area contributed by atoms with Crippen LogP contribution in [-0.2, 0) is 22.6 Å². The van der Waals surface area contributed by atoms with Gasteiger partial charge in [-0.3, -0.25) is 0 Å². The number of rotatable bonds is 8. The zero-order valence-electron chi connectivity index (χ0n) is 18.6. The number of benzene rings is 3. The summed E-state index contributed by atoms with van der Waals surface area (Å²) in [6.45, 7) is 9.91. The average molecular weight is 415 g/mol. The van der Waals surface area contributed by atoms with Gasteiger partial charge in [-0.15, -0.1) is 0 Å². The highest BCUT2D eigenvalue weighted by Crippen LogP contribution is 2.32. The maximum Gasteiger partial charge on any atom is 0.333 e. The number of aliphatic hydroxyl groups is 1. The van der Waals surface area contributed by atoms with Gasteiger partial charge in [-0.1, -0.05) is 66.7 Å². The quantitative estimate of drug-likeness (QED) is 0.353. The molecular formula is C28H30O3. The van der Waals surface area contributed by atoms with Gasteiger partial charge in [-0.25, -0.2) is 4.79 Å². The second-order valence-electron chi connectivity index (χ2n) is 8.07. The van der Waals surface area contributed by atoms with E-state index >= 15 is 0 Å². The summed E-state index contributed by atoms with van der Waals surface area (Å²) >= 11 is 0. The Balaban J connectivity index is 1.99. The Morgan fingerprint density at radius 1 is 0.935 bits per heavy atom. The largest absolute Gasteiger partial charge is 0.457 e. The Morgan fingerprint density at radius 2 is 1.61 bits per heavy atom. The van der Waals surface area contributed by atoms with Gasteiger partial charge in [-0.05, 0) is 78.6 Å². The molecule has 0 unspecified atom stereocenters. The molecule has 0 saturated heterocycles. The van der Waals surface area contributed by atoms with E-state index in [1.807, 2.05) is 0 Å². The molecule has 1 N–H and O–H groups in total. The molecule has 3 aromatic rings. The van der Waals surface area contributed by atoms with E-state index in [0.29, 0.717) is 5.57 Å². The van der Waals surface area contributed by atoms with Crippen LogP contribution in [0.15, 0.2) is 72.8 Å². The molecule has 0 radical (unpaired) electrons. The Hall–Kier alpha value is -3.17. The molecular weight excluding hydrogens is 384 g/mol. The van der Waals surface area contributed by atoms with Crippen molar-refractivity contribution in [3.8, 4) is 22.3 Å². The van der Waals surface area contributed by atoms with Crippen LogP contribution in [0.4, 0.5) is 0 Å². The zero-order chi connectivity index (χ0) is 22.4. The fourth-order valence-electron chi connectivity index (χ4n) is 3.70. The second kappa shape index (κ2) is 10.2. The number of aliphatic hydroxyl groups excluding tert-OH is 1.